The van der Waals surface area contributed by atoms with E-state index in [9.17, 15) is 13.2 Å². The Hall–Kier alpha value is -1.30. The Morgan fingerprint density at radius 1 is 1.60 bits per heavy atom. The van der Waals surface area contributed by atoms with E-state index in [-0.39, 0.29) is 5.75 Å². The van der Waals surface area contributed by atoms with Crippen molar-refractivity contribution in [2.75, 3.05) is 19.1 Å². The molecule has 0 bridgehead atoms. The first-order chi connectivity index (χ1) is 6.94. The molecule has 0 N–H and O–H groups in total. The second-order valence-corrected chi connectivity index (χ2v) is 5.37. The van der Waals surface area contributed by atoms with Crippen molar-refractivity contribution in [3.63, 3.8) is 0 Å². The van der Waals surface area contributed by atoms with E-state index >= 15 is 0 Å². The Bertz CT molecular complexity index is 417. The van der Waals surface area contributed by atoms with Crippen molar-refractivity contribution < 1.29 is 22.4 Å². The molecule has 0 aliphatic rings. The number of ether oxygens (including phenoxy) is 1. The average Bonchev–Trinajstić information content (AvgIpc) is 2.64. The number of rotatable bonds is 4. The monoisotopic (exact) mass is 232 g/mol. The summed E-state index contributed by atoms with van der Waals surface area (Å²) >= 11 is 0. The standard InChI is InChI=1S/C9H12O5S/c1-13-9(10)7(6-15(2,11)12)8-4-3-5-14-8/h3-5,7H,6H2,1-2H3. The van der Waals surface area contributed by atoms with Gasteiger partial charge in [0, 0.05) is 6.26 Å². The average molecular weight is 232 g/mol. The molecular weight excluding hydrogens is 220 g/mol. The van der Waals surface area contributed by atoms with Gasteiger partial charge in [-0.05, 0) is 12.1 Å². The number of esters is 1. The predicted octanol–water partition coefficient (Wildman–Crippen LogP) is 0.581. The number of furan rings is 1. The first-order valence-electron chi connectivity index (χ1n) is 4.23. The molecule has 0 aliphatic carbocycles. The van der Waals surface area contributed by atoms with Gasteiger partial charge in [-0.1, -0.05) is 0 Å². The van der Waals surface area contributed by atoms with E-state index < -0.39 is 21.7 Å². The lowest BCUT2D eigenvalue weighted by Crippen LogP contribution is -2.22. The normalized spacial score (nSPS) is 13.5. The van der Waals surface area contributed by atoms with Gasteiger partial charge in [0.05, 0.1) is 19.1 Å². The molecule has 0 spiro atoms. The maximum atomic E-state index is 11.3. The minimum atomic E-state index is -3.27. The van der Waals surface area contributed by atoms with Gasteiger partial charge in [0.15, 0.2) is 0 Å². The lowest BCUT2D eigenvalue weighted by Gasteiger charge is -2.10. The van der Waals surface area contributed by atoms with Gasteiger partial charge in [0.2, 0.25) is 0 Å². The van der Waals surface area contributed by atoms with Crippen LogP contribution in [0, 0.1) is 0 Å². The van der Waals surface area contributed by atoms with Gasteiger partial charge >= 0.3 is 5.97 Å². The summed E-state index contributed by atoms with van der Waals surface area (Å²) in [5, 5.41) is 0. The molecule has 1 heterocycles. The zero-order valence-corrected chi connectivity index (χ0v) is 9.28. The van der Waals surface area contributed by atoms with Crippen LogP contribution >= 0.6 is 0 Å². The van der Waals surface area contributed by atoms with Gasteiger partial charge in [-0.2, -0.15) is 0 Å². The van der Waals surface area contributed by atoms with Crippen molar-refractivity contribution in [1.82, 2.24) is 0 Å². The summed E-state index contributed by atoms with van der Waals surface area (Å²) in [6, 6.07) is 3.14. The fourth-order valence-electron chi connectivity index (χ4n) is 1.20. The minimum Gasteiger partial charge on any atom is -0.468 e. The number of methoxy groups -OCH3 is 1. The van der Waals surface area contributed by atoms with E-state index in [4.69, 9.17) is 4.42 Å². The molecule has 0 saturated carbocycles. The van der Waals surface area contributed by atoms with Crippen molar-refractivity contribution in [2.24, 2.45) is 0 Å². The highest BCUT2D eigenvalue weighted by atomic mass is 32.2. The largest absolute Gasteiger partial charge is 0.468 e. The molecular formula is C9H12O5S. The SMILES string of the molecule is COC(=O)C(CS(C)(=O)=O)c1ccco1. The van der Waals surface area contributed by atoms with Crippen LogP contribution in [0.25, 0.3) is 0 Å². The van der Waals surface area contributed by atoms with Gasteiger partial charge < -0.3 is 9.15 Å². The molecule has 5 nitrogen and oxygen atoms in total. The third-order valence-corrected chi connectivity index (χ3v) is 2.78. The van der Waals surface area contributed by atoms with E-state index in [1.165, 1.54) is 13.4 Å². The zero-order valence-electron chi connectivity index (χ0n) is 8.47. The van der Waals surface area contributed by atoms with Crippen molar-refractivity contribution in [3.8, 4) is 0 Å². The van der Waals surface area contributed by atoms with Crippen molar-refractivity contribution in [2.45, 2.75) is 5.92 Å². The first-order valence-corrected chi connectivity index (χ1v) is 6.29. The summed E-state index contributed by atoms with van der Waals surface area (Å²) in [6.45, 7) is 0. The molecule has 0 amide bonds. The highest BCUT2D eigenvalue weighted by Gasteiger charge is 2.28. The molecule has 0 aromatic carbocycles. The number of hydrogen-bond donors (Lipinski definition) is 0. The molecule has 0 radical (unpaired) electrons. The number of sulfone groups is 1. The summed E-state index contributed by atoms with van der Waals surface area (Å²) in [5.41, 5.74) is 0. The van der Waals surface area contributed by atoms with Crippen molar-refractivity contribution in [1.29, 1.82) is 0 Å². The van der Waals surface area contributed by atoms with E-state index in [0.717, 1.165) is 6.26 Å². The van der Waals surface area contributed by atoms with Gasteiger partial charge in [0.25, 0.3) is 0 Å². The molecule has 1 atom stereocenters. The molecule has 1 aromatic heterocycles. The van der Waals surface area contributed by atoms with Crippen LogP contribution in [-0.4, -0.2) is 33.5 Å². The van der Waals surface area contributed by atoms with Crippen LogP contribution in [0.4, 0.5) is 0 Å². The fourth-order valence-corrected chi connectivity index (χ4v) is 2.11. The number of hydrogen-bond acceptors (Lipinski definition) is 5. The summed E-state index contributed by atoms with van der Waals surface area (Å²) in [7, 11) is -2.06. The molecule has 1 rings (SSSR count). The highest BCUT2D eigenvalue weighted by molar-refractivity contribution is 7.90. The van der Waals surface area contributed by atoms with E-state index in [1.54, 1.807) is 12.1 Å². The molecule has 0 aliphatic heterocycles. The van der Waals surface area contributed by atoms with Gasteiger partial charge in [-0.3, -0.25) is 4.79 Å². The lowest BCUT2D eigenvalue weighted by molar-refractivity contribution is -0.142. The maximum Gasteiger partial charge on any atom is 0.317 e. The second-order valence-electron chi connectivity index (χ2n) is 3.18. The molecule has 0 fully saturated rings. The lowest BCUT2D eigenvalue weighted by atomic mass is 10.1. The summed E-state index contributed by atoms with van der Waals surface area (Å²) < 4.78 is 31.7. The zero-order chi connectivity index (χ0) is 11.5. The second kappa shape index (κ2) is 4.48. The first kappa shape index (κ1) is 11.8. The molecule has 0 saturated heterocycles. The number of carbonyl (C=O) groups excluding carboxylic acids is 1. The molecule has 1 unspecified atom stereocenters. The van der Waals surface area contributed by atoms with Crippen LogP contribution in [-0.2, 0) is 19.4 Å². The van der Waals surface area contributed by atoms with Crippen LogP contribution in [0.1, 0.15) is 11.7 Å². The Morgan fingerprint density at radius 3 is 2.67 bits per heavy atom. The van der Waals surface area contributed by atoms with Crippen LogP contribution in [0.15, 0.2) is 22.8 Å². The Labute approximate surface area is 88.0 Å². The molecule has 84 valence electrons. The van der Waals surface area contributed by atoms with Crippen molar-refractivity contribution >= 4 is 15.8 Å². The van der Waals surface area contributed by atoms with E-state index in [2.05, 4.69) is 4.74 Å². The van der Waals surface area contributed by atoms with Gasteiger partial charge in [-0.15, -0.1) is 0 Å². The van der Waals surface area contributed by atoms with Crippen LogP contribution in [0.2, 0.25) is 0 Å². The van der Waals surface area contributed by atoms with E-state index in [0.29, 0.717) is 5.76 Å². The Morgan fingerprint density at radius 2 is 2.27 bits per heavy atom. The van der Waals surface area contributed by atoms with E-state index in [1.807, 2.05) is 0 Å². The highest BCUT2D eigenvalue weighted by Crippen LogP contribution is 2.19. The minimum absolute atomic E-state index is 0.298. The quantitative estimate of drug-likeness (QED) is 0.710. The number of carbonyl (C=O) groups is 1. The summed E-state index contributed by atoms with van der Waals surface area (Å²) in [5.74, 6) is -1.52. The topological polar surface area (TPSA) is 73.6 Å². The van der Waals surface area contributed by atoms with Crippen LogP contribution in [0.5, 0.6) is 0 Å². The third-order valence-electron chi connectivity index (χ3n) is 1.84. The summed E-state index contributed by atoms with van der Waals surface area (Å²) in [4.78, 5) is 11.3. The Kier molecular flexibility index (Phi) is 3.52. The van der Waals surface area contributed by atoms with Gasteiger partial charge in [-0.25, -0.2) is 8.42 Å². The van der Waals surface area contributed by atoms with Gasteiger partial charge in [0.1, 0.15) is 21.5 Å². The fraction of sp³-hybridized carbons (Fsp3) is 0.444. The third kappa shape index (κ3) is 3.39. The van der Waals surface area contributed by atoms with Crippen LogP contribution < -0.4 is 0 Å². The van der Waals surface area contributed by atoms with Crippen molar-refractivity contribution in [3.05, 3.63) is 24.2 Å². The molecule has 6 heteroatoms. The smallest absolute Gasteiger partial charge is 0.317 e. The molecule has 1 aromatic rings. The Balaban J connectivity index is 2.94. The molecule has 15 heavy (non-hydrogen) atoms. The van der Waals surface area contributed by atoms with Crippen LogP contribution in [0.3, 0.4) is 0 Å². The summed E-state index contributed by atoms with van der Waals surface area (Å²) in [6.07, 6.45) is 2.44. The predicted molar refractivity (Wildman–Crippen MR) is 53.2 cm³/mol. The maximum absolute atomic E-state index is 11.3.